The molecule has 5 heteroatoms. The van der Waals surface area contributed by atoms with Gasteiger partial charge in [-0.3, -0.25) is 4.79 Å². The summed E-state index contributed by atoms with van der Waals surface area (Å²) in [5, 5.41) is 0. The lowest BCUT2D eigenvalue weighted by Crippen LogP contribution is -2.39. The van der Waals surface area contributed by atoms with E-state index in [1.807, 2.05) is 0 Å². The highest BCUT2D eigenvalue weighted by Gasteiger charge is 2.32. The van der Waals surface area contributed by atoms with E-state index in [1.54, 1.807) is 7.11 Å². The average molecular weight is 245 g/mol. The lowest BCUT2D eigenvalue weighted by atomic mass is 9.95. The molecule has 0 radical (unpaired) electrons. The Hall–Kier alpha value is -0.650. The lowest BCUT2D eigenvalue weighted by molar-refractivity contribution is -0.146. The number of carbonyl (C=O) groups excluding carboxylic acids is 1. The second-order valence-corrected chi connectivity index (χ2v) is 4.57. The third kappa shape index (κ3) is 6.00. The van der Waals surface area contributed by atoms with Gasteiger partial charge in [-0.05, 0) is 12.8 Å². The molecule has 1 rings (SSSR count). The zero-order chi connectivity index (χ0) is 12.6. The van der Waals surface area contributed by atoms with Gasteiger partial charge < -0.3 is 19.9 Å². The zero-order valence-corrected chi connectivity index (χ0v) is 10.6. The molecule has 2 N–H and O–H groups in total. The summed E-state index contributed by atoms with van der Waals surface area (Å²) in [7, 11) is 1.62. The number of carbonyl (C=O) groups is 1. The van der Waals surface area contributed by atoms with Crippen LogP contribution in [-0.2, 0) is 19.0 Å². The van der Waals surface area contributed by atoms with Gasteiger partial charge in [0.15, 0.2) is 0 Å². The van der Waals surface area contributed by atoms with Gasteiger partial charge in [0, 0.05) is 12.6 Å². The van der Waals surface area contributed by atoms with E-state index in [0.717, 1.165) is 25.7 Å². The highest BCUT2D eigenvalue weighted by atomic mass is 16.6. The molecule has 1 saturated carbocycles. The molecule has 0 atom stereocenters. The summed E-state index contributed by atoms with van der Waals surface area (Å²) in [5.74, 6) is -0.218. The summed E-state index contributed by atoms with van der Waals surface area (Å²) in [6.45, 7) is 1.78. The minimum absolute atomic E-state index is 0.218. The fourth-order valence-corrected chi connectivity index (χ4v) is 2.05. The van der Waals surface area contributed by atoms with Crippen LogP contribution in [0.25, 0.3) is 0 Å². The van der Waals surface area contributed by atoms with Crippen LogP contribution in [0.4, 0.5) is 0 Å². The molecule has 0 aromatic carbocycles. The van der Waals surface area contributed by atoms with Gasteiger partial charge in [0.1, 0.15) is 6.61 Å². The molecule has 0 spiro atoms. The van der Waals surface area contributed by atoms with Gasteiger partial charge in [0.05, 0.1) is 26.2 Å². The molecule has 0 aromatic rings. The highest BCUT2D eigenvalue weighted by Crippen LogP contribution is 2.30. The summed E-state index contributed by atoms with van der Waals surface area (Å²) in [6, 6.07) is 0. The number of hydrogen-bond donors (Lipinski definition) is 1. The molecule has 0 saturated heterocycles. The smallest absolute Gasteiger partial charge is 0.307 e. The Morgan fingerprint density at radius 3 is 2.47 bits per heavy atom. The van der Waals surface area contributed by atoms with Crippen LogP contribution in [0.2, 0.25) is 0 Å². The van der Waals surface area contributed by atoms with E-state index in [2.05, 4.69) is 0 Å². The first-order chi connectivity index (χ1) is 8.16. The molecule has 0 unspecified atom stereocenters. The first kappa shape index (κ1) is 14.4. The van der Waals surface area contributed by atoms with Crippen molar-refractivity contribution in [2.24, 2.45) is 5.73 Å². The number of nitrogens with two attached hydrogens (primary N) is 1. The van der Waals surface area contributed by atoms with Crippen LogP contribution in [0.5, 0.6) is 0 Å². The third-order valence-corrected chi connectivity index (χ3v) is 3.02. The fraction of sp³-hybridized carbons (Fsp3) is 0.917. The Balaban J connectivity index is 2.01. The Bertz CT molecular complexity index is 227. The minimum atomic E-state index is -0.325. The predicted octanol–water partition coefficient (Wildman–Crippen LogP) is 0.854. The third-order valence-electron chi connectivity index (χ3n) is 3.02. The standard InChI is InChI=1S/C12H23NO4/c1-15-6-7-16-8-9-17-11(14)10-12(13)4-2-3-5-12/h2-10,13H2,1H3. The first-order valence-corrected chi connectivity index (χ1v) is 6.17. The maximum absolute atomic E-state index is 11.5. The Labute approximate surface area is 103 Å². The van der Waals surface area contributed by atoms with Crippen LogP contribution in [0.3, 0.4) is 0 Å². The van der Waals surface area contributed by atoms with Crippen molar-refractivity contribution in [1.82, 2.24) is 0 Å². The largest absolute Gasteiger partial charge is 0.463 e. The van der Waals surface area contributed by atoms with Crippen molar-refractivity contribution < 1.29 is 19.0 Å². The van der Waals surface area contributed by atoms with Crippen LogP contribution < -0.4 is 5.73 Å². The maximum Gasteiger partial charge on any atom is 0.307 e. The molecule has 1 aliphatic rings. The van der Waals surface area contributed by atoms with Crippen LogP contribution in [0.1, 0.15) is 32.1 Å². The van der Waals surface area contributed by atoms with Gasteiger partial charge in [0.2, 0.25) is 0 Å². The van der Waals surface area contributed by atoms with Gasteiger partial charge in [-0.2, -0.15) is 0 Å². The first-order valence-electron chi connectivity index (χ1n) is 6.17. The Morgan fingerprint density at radius 1 is 1.18 bits per heavy atom. The SMILES string of the molecule is COCCOCCOC(=O)CC1(N)CCCC1. The van der Waals surface area contributed by atoms with Gasteiger partial charge in [-0.1, -0.05) is 12.8 Å². The molecule has 0 aliphatic heterocycles. The fourth-order valence-electron chi connectivity index (χ4n) is 2.05. The monoisotopic (exact) mass is 245 g/mol. The Morgan fingerprint density at radius 2 is 1.82 bits per heavy atom. The molecule has 100 valence electrons. The average Bonchev–Trinajstić information content (AvgIpc) is 2.70. The number of rotatable bonds is 8. The van der Waals surface area contributed by atoms with E-state index < -0.39 is 0 Å². The summed E-state index contributed by atoms with van der Waals surface area (Å²) < 4.78 is 15.1. The van der Waals surface area contributed by atoms with Crippen molar-refractivity contribution in [3.05, 3.63) is 0 Å². The number of esters is 1. The highest BCUT2D eigenvalue weighted by molar-refractivity contribution is 5.70. The van der Waals surface area contributed by atoms with Gasteiger partial charge in [-0.15, -0.1) is 0 Å². The normalized spacial score (nSPS) is 18.2. The molecular weight excluding hydrogens is 222 g/mol. The molecule has 0 aromatic heterocycles. The second-order valence-electron chi connectivity index (χ2n) is 4.57. The second kappa shape index (κ2) is 7.63. The predicted molar refractivity (Wildman–Crippen MR) is 63.7 cm³/mol. The molecule has 1 fully saturated rings. The van der Waals surface area contributed by atoms with E-state index in [1.165, 1.54) is 0 Å². The lowest BCUT2D eigenvalue weighted by Gasteiger charge is -2.21. The van der Waals surface area contributed by atoms with Crippen molar-refractivity contribution in [2.75, 3.05) is 33.5 Å². The van der Waals surface area contributed by atoms with Crippen LogP contribution in [-0.4, -0.2) is 45.0 Å². The quantitative estimate of drug-likeness (QED) is 0.507. The van der Waals surface area contributed by atoms with Crippen molar-refractivity contribution in [3.8, 4) is 0 Å². The van der Waals surface area contributed by atoms with Crippen LogP contribution in [0, 0.1) is 0 Å². The van der Waals surface area contributed by atoms with Crippen LogP contribution in [0.15, 0.2) is 0 Å². The summed E-state index contributed by atoms with van der Waals surface area (Å²) in [6.07, 6.45) is 4.40. The topological polar surface area (TPSA) is 70.8 Å². The van der Waals surface area contributed by atoms with E-state index in [4.69, 9.17) is 19.9 Å². The van der Waals surface area contributed by atoms with Crippen LogP contribution >= 0.6 is 0 Å². The number of hydrogen-bond acceptors (Lipinski definition) is 5. The molecule has 1 aliphatic carbocycles. The van der Waals surface area contributed by atoms with Crippen molar-refractivity contribution in [3.63, 3.8) is 0 Å². The molecule has 0 heterocycles. The number of ether oxygens (including phenoxy) is 3. The number of methoxy groups -OCH3 is 1. The molecule has 0 amide bonds. The van der Waals surface area contributed by atoms with Crippen molar-refractivity contribution in [1.29, 1.82) is 0 Å². The van der Waals surface area contributed by atoms with Gasteiger partial charge in [-0.25, -0.2) is 0 Å². The molecule has 5 nitrogen and oxygen atoms in total. The van der Waals surface area contributed by atoms with Gasteiger partial charge >= 0.3 is 5.97 Å². The van der Waals surface area contributed by atoms with E-state index >= 15 is 0 Å². The zero-order valence-electron chi connectivity index (χ0n) is 10.6. The minimum Gasteiger partial charge on any atom is -0.463 e. The van der Waals surface area contributed by atoms with E-state index in [9.17, 15) is 4.79 Å². The summed E-state index contributed by atoms with van der Waals surface area (Å²) >= 11 is 0. The summed E-state index contributed by atoms with van der Waals surface area (Å²) in [4.78, 5) is 11.5. The summed E-state index contributed by atoms with van der Waals surface area (Å²) in [5.41, 5.74) is 5.76. The van der Waals surface area contributed by atoms with E-state index in [-0.39, 0.29) is 11.5 Å². The molecule has 17 heavy (non-hydrogen) atoms. The van der Waals surface area contributed by atoms with Gasteiger partial charge in [0.25, 0.3) is 0 Å². The Kier molecular flexibility index (Phi) is 6.47. The maximum atomic E-state index is 11.5. The van der Waals surface area contributed by atoms with E-state index in [0.29, 0.717) is 32.8 Å². The van der Waals surface area contributed by atoms with Crippen molar-refractivity contribution >= 4 is 5.97 Å². The molecular formula is C12H23NO4. The molecule has 0 bridgehead atoms. The van der Waals surface area contributed by atoms with Crippen molar-refractivity contribution in [2.45, 2.75) is 37.6 Å².